The summed E-state index contributed by atoms with van der Waals surface area (Å²) in [7, 11) is 3.01. The summed E-state index contributed by atoms with van der Waals surface area (Å²) in [6.45, 7) is 9.04. The van der Waals surface area contributed by atoms with Crippen LogP contribution in [0, 0.1) is 16.7 Å². The highest BCUT2D eigenvalue weighted by Crippen LogP contribution is 2.52. The molecule has 42 heavy (non-hydrogen) atoms. The summed E-state index contributed by atoms with van der Waals surface area (Å²) in [5, 5.41) is 2.98. The van der Waals surface area contributed by atoms with E-state index in [4.69, 9.17) is 14.2 Å². The Kier molecular flexibility index (Phi) is 10.2. The van der Waals surface area contributed by atoms with Crippen molar-refractivity contribution < 1.29 is 28.6 Å². The number of para-hydroxylation sites is 1. The number of fused-ring (bicyclic) bond motifs is 1. The first-order chi connectivity index (χ1) is 20.0. The third-order valence-corrected chi connectivity index (χ3v) is 9.07. The Hall–Kier alpha value is -3.13. The van der Waals surface area contributed by atoms with Gasteiger partial charge in [0.25, 0.3) is 0 Å². The molecule has 2 amide bonds. The molecule has 8 heteroatoms. The van der Waals surface area contributed by atoms with Crippen molar-refractivity contribution >= 4 is 17.8 Å². The van der Waals surface area contributed by atoms with E-state index in [1.807, 2.05) is 37.3 Å². The summed E-state index contributed by atoms with van der Waals surface area (Å²) in [6, 6.07) is 7.71. The first-order valence-electron chi connectivity index (χ1n) is 15.3. The lowest BCUT2D eigenvalue weighted by Gasteiger charge is -2.53. The Balaban J connectivity index is 1.59. The number of hydrogen-bond donors (Lipinski definition) is 1. The van der Waals surface area contributed by atoms with Crippen molar-refractivity contribution in [3.8, 4) is 5.75 Å². The van der Waals surface area contributed by atoms with Gasteiger partial charge in [0.1, 0.15) is 11.2 Å². The maximum atomic E-state index is 14.2. The highest BCUT2D eigenvalue weighted by molar-refractivity contribution is 5.92. The molecule has 1 aliphatic carbocycles. The van der Waals surface area contributed by atoms with Gasteiger partial charge in [0.2, 0.25) is 11.8 Å². The first-order valence-corrected chi connectivity index (χ1v) is 15.3. The van der Waals surface area contributed by atoms with Crippen LogP contribution in [0.25, 0.3) is 0 Å². The molecule has 8 nitrogen and oxygen atoms in total. The van der Waals surface area contributed by atoms with Crippen LogP contribution >= 0.6 is 0 Å². The summed E-state index contributed by atoms with van der Waals surface area (Å²) >= 11 is 0. The van der Waals surface area contributed by atoms with Gasteiger partial charge >= 0.3 is 5.97 Å². The van der Waals surface area contributed by atoms with Gasteiger partial charge in [-0.25, -0.2) is 0 Å². The lowest BCUT2D eigenvalue weighted by atomic mass is 9.65. The van der Waals surface area contributed by atoms with E-state index in [9.17, 15) is 14.4 Å². The molecule has 0 bridgehead atoms. The number of carbonyl (C=O) groups is 3. The van der Waals surface area contributed by atoms with Crippen molar-refractivity contribution in [2.75, 3.05) is 27.3 Å². The van der Waals surface area contributed by atoms with Crippen LogP contribution in [-0.4, -0.2) is 62.2 Å². The molecule has 0 radical (unpaired) electrons. The minimum absolute atomic E-state index is 0.00853. The van der Waals surface area contributed by atoms with Crippen LogP contribution in [-0.2, 0) is 30.3 Å². The summed E-state index contributed by atoms with van der Waals surface area (Å²) in [5.74, 6) is -0.659. The van der Waals surface area contributed by atoms with Gasteiger partial charge in [-0.3, -0.25) is 14.4 Å². The van der Waals surface area contributed by atoms with Crippen molar-refractivity contribution in [3.63, 3.8) is 0 Å². The number of likely N-dealkylation sites (tertiary alicyclic amines) is 1. The third kappa shape index (κ3) is 6.74. The van der Waals surface area contributed by atoms with Crippen molar-refractivity contribution in [3.05, 3.63) is 53.3 Å². The number of nitrogens with one attached hydrogen (secondary N) is 1. The van der Waals surface area contributed by atoms with Gasteiger partial charge in [0.15, 0.2) is 0 Å². The molecule has 0 aromatic heterocycles. The first kappa shape index (κ1) is 31.8. The van der Waals surface area contributed by atoms with E-state index in [2.05, 4.69) is 32.2 Å². The Morgan fingerprint density at radius 3 is 2.57 bits per heavy atom. The Labute approximate surface area is 250 Å². The molecule has 1 N–H and O–H groups in total. The van der Waals surface area contributed by atoms with Gasteiger partial charge in [-0.1, -0.05) is 50.6 Å². The third-order valence-electron chi connectivity index (χ3n) is 9.07. The van der Waals surface area contributed by atoms with E-state index < -0.39 is 23.4 Å². The highest BCUT2D eigenvalue weighted by Gasteiger charge is 2.60. The van der Waals surface area contributed by atoms with E-state index in [1.165, 1.54) is 19.1 Å². The lowest BCUT2D eigenvalue weighted by Crippen LogP contribution is -2.61. The fourth-order valence-electron chi connectivity index (χ4n) is 6.60. The zero-order valence-corrected chi connectivity index (χ0v) is 26.2. The SMILES string of the molecule is COC(=O)[C@@]12C[C@H](CC(=O)NCCc3ccccc3OC)C(=O)N(CCC3=CCCCC3)C1=C[C@@H](C(C)(C)C)O[C@H]2C. The zero-order valence-electron chi connectivity index (χ0n) is 26.2. The average Bonchev–Trinajstić information content (AvgIpc) is 2.97. The molecule has 1 fully saturated rings. The number of carbonyl (C=O) groups excluding carboxylic acids is 3. The number of piperidine rings is 1. The Bertz CT molecular complexity index is 1210. The normalized spacial score (nSPS) is 26.1. The van der Waals surface area contributed by atoms with E-state index in [0.717, 1.165) is 37.0 Å². The Morgan fingerprint density at radius 1 is 1.14 bits per heavy atom. The second-order valence-corrected chi connectivity index (χ2v) is 12.9. The number of benzene rings is 1. The van der Waals surface area contributed by atoms with Gasteiger partial charge in [0, 0.05) is 31.1 Å². The molecule has 1 saturated heterocycles. The van der Waals surface area contributed by atoms with Crippen LogP contribution < -0.4 is 10.1 Å². The molecule has 2 heterocycles. The maximum absolute atomic E-state index is 14.2. The zero-order chi connectivity index (χ0) is 30.5. The lowest BCUT2D eigenvalue weighted by molar-refractivity contribution is -0.180. The average molecular weight is 581 g/mol. The predicted octanol–water partition coefficient (Wildman–Crippen LogP) is 5.36. The summed E-state index contributed by atoms with van der Waals surface area (Å²) in [6.07, 6.45) is 9.40. The fourth-order valence-corrected chi connectivity index (χ4v) is 6.60. The van der Waals surface area contributed by atoms with Crippen molar-refractivity contribution in [1.29, 1.82) is 0 Å². The summed E-state index contributed by atoms with van der Waals surface area (Å²) in [4.78, 5) is 42.8. The predicted molar refractivity (Wildman–Crippen MR) is 162 cm³/mol. The van der Waals surface area contributed by atoms with Gasteiger partial charge in [-0.05, 0) is 75.0 Å². The molecule has 0 unspecified atom stereocenters. The van der Waals surface area contributed by atoms with E-state index in [1.54, 1.807) is 12.0 Å². The van der Waals surface area contributed by atoms with Crippen molar-refractivity contribution in [2.24, 2.45) is 16.7 Å². The number of ether oxygens (including phenoxy) is 3. The highest BCUT2D eigenvalue weighted by atomic mass is 16.5. The van der Waals surface area contributed by atoms with E-state index in [0.29, 0.717) is 25.2 Å². The van der Waals surface area contributed by atoms with E-state index >= 15 is 0 Å². The molecule has 3 aliphatic rings. The van der Waals surface area contributed by atoms with Crippen LogP contribution in [0.3, 0.4) is 0 Å². The standard InChI is InChI=1S/C34H48N2O6/c1-23-34(32(39)41-6)22-26(20-30(37)35-18-16-25-14-10-11-15-27(25)40-5)31(38)36(19-17-24-12-8-7-9-13-24)28(34)21-29(42-23)33(2,3)4/h10-12,14-15,21,23,26,29H,7-9,13,16-20,22H2,1-6H3,(H,35,37)/t23-,26-,29-,34+/m0/s1. The van der Waals surface area contributed by atoms with Gasteiger partial charge < -0.3 is 24.4 Å². The number of nitrogens with zero attached hydrogens (tertiary/aromatic N) is 1. The summed E-state index contributed by atoms with van der Waals surface area (Å²) < 4.78 is 17.3. The molecular weight excluding hydrogens is 532 g/mol. The van der Waals surface area contributed by atoms with Gasteiger partial charge in [-0.2, -0.15) is 0 Å². The number of methoxy groups -OCH3 is 2. The van der Waals surface area contributed by atoms with Gasteiger partial charge in [-0.15, -0.1) is 0 Å². The number of rotatable bonds is 10. The second-order valence-electron chi connectivity index (χ2n) is 12.9. The number of amides is 2. The Morgan fingerprint density at radius 2 is 1.90 bits per heavy atom. The molecule has 230 valence electrons. The maximum Gasteiger partial charge on any atom is 0.320 e. The largest absolute Gasteiger partial charge is 0.496 e. The smallest absolute Gasteiger partial charge is 0.320 e. The monoisotopic (exact) mass is 580 g/mol. The molecule has 1 aromatic rings. The fraction of sp³-hybridized carbons (Fsp3) is 0.618. The molecule has 1 aromatic carbocycles. The van der Waals surface area contributed by atoms with Crippen LogP contribution in [0.5, 0.6) is 5.75 Å². The molecular formula is C34H48N2O6. The second kappa shape index (κ2) is 13.4. The molecule has 0 spiro atoms. The van der Waals surface area contributed by atoms with Crippen molar-refractivity contribution in [2.45, 2.75) is 91.3 Å². The quantitative estimate of drug-likeness (QED) is 0.296. The van der Waals surface area contributed by atoms with Crippen LogP contribution in [0.15, 0.2) is 47.7 Å². The number of hydrogen-bond acceptors (Lipinski definition) is 6. The number of allylic oxidation sites excluding steroid dienone is 1. The molecule has 0 saturated carbocycles. The van der Waals surface area contributed by atoms with Crippen LogP contribution in [0.2, 0.25) is 0 Å². The summed E-state index contributed by atoms with van der Waals surface area (Å²) in [5.41, 5.74) is 1.61. The van der Waals surface area contributed by atoms with E-state index in [-0.39, 0.29) is 36.2 Å². The minimum atomic E-state index is -1.17. The molecule has 4 rings (SSSR count). The van der Waals surface area contributed by atoms with Gasteiger partial charge in [0.05, 0.1) is 26.4 Å². The molecule has 2 aliphatic heterocycles. The minimum Gasteiger partial charge on any atom is -0.496 e. The number of esters is 1. The van der Waals surface area contributed by atoms with Crippen molar-refractivity contribution in [1.82, 2.24) is 10.2 Å². The van der Waals surface area contributed by atoms with Crippen LogP contribution in [0.1, 0.15) is 78.2 Å². The van der Waals surface area contributed by atoms with Crippen LogP contribution in [0.4, 0.5) is 0 Å². The topological polar surface area (TPSA) is 94.2 Å². The molecule has 4 atom stereocenters.